The molecule has 0 bridgehead atoms. The summed E-state index contributed by atoms with van der Waals surface area (Å²) in [6.45, 7) is 3.30. The molecule has 3 heterocycles. The van der Waals surface area contributed by atoms with E-state index in [9.17, 15) is 14.4 Å². The van der Waals surface area contributed by atoms with Gasteiger partial charge in [-0.3, -0.25) is 14.5 Å². The number of fused-ring (bicyclic) bond motifs is 1. The molecule has 7 heteroatoms. The highest BCUT2D eigenvalue weighted by Gasteiger charge is 2.47. The maximum Gasteiger partial charge on any atom is 0.339 e. The molecule has 1 aromatic carbocycles. The number of hydrogen-bond acceptors (Lipinski definition) is 4. The first-order valence-corrected chi connectivity index (χ1v) is 9.56. The van der Waals surface area contributed by atoms with Crippen molar-refractivity contribution in [1.29, 1.82) is 0 Å². The van der Waals surface area contributed by atoms with Crippen molar-refractivity contribution in [3.8, 4) is 0 Å². The van der Waals surface area contributed by atoms with Gasteiger partial charge in [-0.2, -0.15) is 0 Å². The number of nitrogens with one attached hydrogen (secondary N) is 1. The van der Waals surface area contributed by atoms with Gasteiger partial charge in [0, 0.05) is 16.9 Å². The summed E-state index contributed by atoms with van der Waals surface area (Å²) >= 11 is 1.75. The average Bonchev–Trinajstić information content (AvgIpc) is 3.20. The van der Waals surface area contributed by atoms with E-state index >= 15 is 0 Å². The van der Waals surface area contributed by atoms with Crippen LogP contribution in [0.15, 0.2) is 41.8 Å². The molecular formula is C19H20N3O3S+. The van der Waals surface area contributed by atoms with Crippen LogP contribution in [0.3, 0.4) is 0 Å². The molecule has 2 aliphatic rings. The lowest BCUT2D eigenvalue weighted by atomic mass is 10.0. The number of hydrogen-bond donors (Lipinski definition) is 1. The van der Waals surface area contributed by atoms with E-state index < -0.39 is 17.8 Å². The lowest BCUT2D eigenvalue weighted by Crippen LogP contribution is -3.14. The number of amides is 4. The van der Waals surface area contributed by atoms with Gasteiger partial charge in [0.2, 0.25) is 0 Å². The lowest BCUT2D eigenvalue weighted by Gasteiger charge is -2.32. The van der Waals surface area contributed by atoms with Gasteiger partial charge in [0.1, 0.15) is 6.04 Å². The van der Waals surface area contributed by atoms with E-state index in [1.165, 1.54) is 10.4 Å². The van der Waals surface area contributed by atoms with Crippen molar-refractivity contribution in [3.05, 3.63) is 57.8 Å². The highest BCUT2D eigenvalue weighted by atomic mass is 32.1. The molecule has 1 aromatic heterocycles. The Morgan fingerprint density at radius 3 is 2.58 bits per heavy atom. The van der Waals surface area contributed by atoms with Crippen LogP contribution < -0.4 is 4.90 Å². The summed E-state index contributed by atoms with van der Waals surface area (Å²) in [7, 11) is 0. The van der Waals surface area contributed by atoms with Crippen LogP contribution in [-0.4, -0.2) is 40.9 Å². The van der Waals surface area contributed by atoms with Gasteiger partial charge in [-0.15, -0.1) is 11.3 Å². The fraction of sp³-hybridized carbons (Fsp3) is 0.316. The molecule has 134 valence electrons. The van der Waals surface area contributed by atoms with E-state index in [2.05, 4.69) is 18.4 Å². The number of nitrogens with zero attached hydrogens (tertiary/aromatic N) is 2. The SMILES string of the molecule is C[C@H]1c2ccsc2CC[NH+]1CN1C(=O)C(=O)N(Cc2ccccc2)C1=O. The minimum atomic E-state index is -0.737. The summed E-state index contributed by atoms with van der Waals surface area (Å²) in [5.74, 6) is -1.46. The van der Waals surface area contributed by atoms with Crippen molar-refractivity contribution in [2.24, 2.45) is 0 Å². The molecule has 26 heavy (non-hydrogen) atoms. The van der Waals surface area contributed by atoms with Crippen LogP contribution in [-0.2, 0) is 22.6 Å². The molecule has 6 nitrogen and oxygen atoms in total. The second-order valence-corrected chi connectivity index (χ2v) is 7.73. The fourth-order valence-corrected chi connectivity index (χ4v) is 4.64. The van der Waals surface area contributed by atoms with Gasteiger partial charge >= 0.3 is 17.8 Å². The van der Waals surface area contributed by atoms with E-state index in [1.807, 2.05) is 30.3 Å². The molecule has 4 rings (SSSR count). The Kier molecular flexibility index (Phi) is 4.34. The number of carbonyl (C=O) groups is 3. The second-order valence-electron chi connectivity index (χ2n) is 6.73. The van der Waals surface area contributed by atoms with Crippen molar-refractivity contribution in [1.82, 2.24) is 9.80 Å². The van der Waals surface area contributed by atoms with Crippen LogP contribution in [0.1, 0.15) is 29.0 Å². The molecule has 0 saturated carbocycles. The first-order valence-electron chi connectivity index (χ1n) is 8.68. The zero-order valence-corrected chi connectivity index (χ0v) is 15.3. The standard InChI is InChI=1S/C19H19N3O3S/c1-13-15-8-10-26-16(15)7-9-20(13)12-22-18(24)17(23)21(19(22)25)11-14-5-3-2-4-6-14/h2-6,8,10,13H,7,9,11-12H2,1H3/p+1/t13-/m0/s1. The Hall–Kier alpha value is -2.51. The third-order valence-corrected chi connectivity index (χ3v) is 6.21. The van der Waals surface area contributed by atoms with Crippen molar-refractivity contribution < 1.29 is 19.3 Å². The lowest BCUT2D eigenvalue weighted by molar-refractivity contribution is -0.938. The van der Waals surface area contributed by atoms with Crippen molar-refractivity contribution in [2.75, 3.05) is 13.2 Å². The molecule has 0 radical (unpaired) electrons. The molecule has 2 aromatic rings. The van der Waals surface area contributed by atoms with Crippen LogP contribution in [0.4, 0.5) is 4.79 Å². The van der Waals surface area contributed by atoms with Crippen LogP contribution in [0.2, 0.25) is 0 Å². The summed E-state index contributed by atoms with van der Waals surface area (Å²) in [6.07, 6.45) is 0.935. The smallest absolute Gasteiger partial charge is 0.311 e. The van der Waals surface area contributed by atoms with Crippen molar-refractivity contribution in [3.63, 3.8) is 0 Å². The number of quaternary nitrogens is 1. The van der Waals surface area contributed by atoms with Gasteiger partial charge in [0.25, 0.3) is 0 Å². The fourth-order valence-electron chi connectivity index (χ4n) is 3.66. The van der Waals surface area contributed by atoms with Crippen LogP contribution in [0, 0.1) is 0 Å². The quantitative estimate of drug-likeness (QED) is 0.650. The molecule has 0 spiro atoms. The number of carbonyl (C=O) groups excluding carboxylic acids is 3. The Morgan fingerprint density at radius 1 is 1.08 bits per heavy atom. The minimum absolute atomic E-state index is 0.125. The average molecular weight is 370 g/mol. The minimum Gasteiger partial charge on any atom is -0.311 e. The van der Waals surface area contributed by atoms with Crippen LogP contribution >= 0.6 is 11.3 Å². The number of imide groups is 2. The molecule has 1 unspecified atom stereocenters. The van der Waals surface area contributed by atoms with Crippen LogP contribution in [0.25, 0.3) is 0 Å². The number of urea groups is 1. The Morgan fingerprint density at radius 2 is 1.81 bits per heavy atom. The maximum absolute atomic E-state index is 12.7. The molecule has 4 amide bonds. The largest absolute Gasteiger partial charge is 0.339 e. The summed E-state index contributed by atoms with van der Waals surface area (Å²) in [5.41, 5.74) is 2.10. The Bertz CT molecular complexity index is 864. The molecule has 1 fully saturated rings. The van der Waals surface area contributed by atoms with Gasteiger partial charge in [0.15, 0.2) is 6.67 Å². The number of benzene rings is 1. The van der Waals surface area contributed by atoms with Gasteiger partial charge in [0.05, 0.1) is 13.1 Å². The van der Waals surface area contributed by atoms with Gasteiger partial charge in [-0.05, 0) is 23.9 Å². The predicted molar refractivity (Wildman–Crippen MR) is 96.4 cm³/mol. The molecular weight excluding hydrogens is 350 g/mol. The highest BCUT2D eigenvalue weighted by Crippen LogP contribution is 2.25. The summed E-state index contributed by atoms with van der Waals surface area (Å²) in [4.78, 5) is 42.1. The van der Waals surface area contributed by atoms with E-state index in [-0.39, 0.29) is 19.3 Å². The molecule has 0 aliphatic carbocycles. The zero-order chi connectivity index (χ0) is 18.3. The molecule has 1 saturated heterocycles. The Labute approximate surface area is 155 Å². The first kappa shape index (κ1) is 16.9. The third-order valence-electron chi connectivity index (χ3n) is 5.21. The Balaban J connectivity index is 1.50. The molecule has 1 N–H and O–H groups in total. The van der Waals surface area contributed by atoms with Gasteiger partial charge in [-0.25, -0.2) is 9.69 Å². The molecule has 2 aliphatic heterocycles. The molecule has 2 atom stereocenters. The normalized spacial score (nSPS) is 22.9. The summed E-state index contributed by atoms with van der Waals surface area (Å²) in [5, 5.41) is 2.08. The topological polar surface area (TPSA) is 62.1 Å². The van der Waals surface area contributed by atoms with E-state index in [0.29, 0.717) is 0 Å². The van der Waals surface area contributed by atoms with Crippen molar-refractivity contribution in [2.45, 2.75) is 25.9 Å². The zero-order valence-electron chi connectivity index (χ0n) is 14.5. The maximum atomic E-state index is 12.7. The predicted octanol–water partition coefficient (Wildman–Crippen LogP) is 1.20. The second kappa shape index (κ2) is 6.66. The first-order chi connectivity index (χ1) is 12.6. The summed E-state index contributed by atoms with van der Waals surface area (Å²) < 4.78 is 0. The van der Waals surface area contributed by atoms with Gasteiger partial charge < -0.3 is 4.90 Å². The van der Waals surface area contributed by atoms with Crippen molar-refractivity contribution >= 4 is 29.2 Å². The number of rotatable bonds is 4. The summed E-state index contributed by atoms with van der Waals surface area (Å²) in [6, 6.07) is 11.0. The van der Waals surface area contributed by atoms with Gasteiger partial charge in [-0.1, -0.05) is 30.3 Å². The van der Waals surface area contributed by atoms with E-state index in [0.717, 1.165) is 33.2 Å². The number of thiophene rings is 1. The third kappa shape index (κ3) is 2.83. The van der Waals surface area contributed by atoms with E-state index in [1.54, 1.807) is 11.3 Å². The highest BCUT2D eigenvalue weighted by molar-refractivity contribution is 7.10. The van der Waals surface area contributed by atoms with Crippen LogP contribution in [0.5, 0.6) is 0 Å². The van der Waals surface area contributed by atoms with E-state index in [4.69, 9.17) is 0 Å². The monoisotopic (exact) mass is 370 g/mol.